The Morgan fingerprint density at radius 3 is 2.61 bits per heavy atom. The number of rotatable bonds is 6. The van der Waals surface area contributed by atoms with Crippen LogP contribution >= 0.6 is 15.9 Å². The summed E-state index contributed by atoms with van der Waals surface area (Å²) in [5.74, 6) is -2.47. The van der Waals surface area contributed by atoms with Crippen LogP contribution in [0.25, 0.3) is 0 Å². The number of hydrogen-bond acceptors (Lipinski definition) is 6. The van der Waals surface area contributed by atoms with Crippen molar-refractivity contribution >= 4 is 26.0 Å². The number of aromatic amines is 1. The Hall–Kier alpha value is -2.81. The molecule has 0 aliphatic carbocycles. The van der Waals surface area contributed by atoms with Gasteiger partial charge < -0.3 is 4.42 Å². The Balaban J connectivity index is 2.14. The van der Waals surface area contributed by atoms with Gasteiger partial charge in [-0.3, -0.25) is 0 Å². The zero-order chi connectivity index (χ0) is 22.9. The lowest BCUT2D eigenvalue weighted by Gasteiger charge is -2.25. The van der Waals surface area contributed by atoms with Crippen LogP contribution in [0.15, 0.2) is 48.9 Å². The van der Waals surface area contributed by atoms with Gasteiger partial charge in [-0.25, -0.2) is 22.7 Å². The molecule has 3 aromatic rings. The van der Waals surface area contributed by atoms with Gasteiger partial charge in [-0.1, -0.05) is 28.9 Å². The predicted octanol–water partition coefficient (Wildman–Crippen LogP) is 3.58. The molecule has 8 nitrogen and oxygen atoms in total. The SMILES string of the molecule is Cc1ccc(F)c([C@@H](C)[C@H](NS(=O)(=O)c2cc(Br)ccc2C#N)c2n[nH]c(=O)o2)c1C. The topological polar surface area (TPSA) is 129 Å². The Morgan fingerprint density at radius 2 is 2.00 bits per heavy atom. The molecule has 2 atom stereocenters. The summed E-state index contributed by atoms with van der Waals surface area (Å²) in [6.07, 6.45) is 0. The lowest BCUT2D eigenvalue weighted by molar-refractivity contribution is 0.376. The summed E-state index contributed by atoms with van der Waals surface area (Å²) in [6, 6.07) is 7.69. The summed E-state index contributed by atoms with van der Waals surface area (Å²) < 4.78 is 49.0. The first-order valence-electron chi connectivity index (χ1n) is 9.08. The summed E-state index contributed by atoms with van der Waals surface area (Å²) >= 11 is 3.20. The first kappa shape index (κ1) is 22.9. The number of H-pyrrole nitrogens is 1. The minimum Gasteiger partial charge on any atom is -0.391 e. The van der Waals surface area contributed by atoms with Crippen molar-refractivity contribution in [1.29, 1.82) is 5.26 Å². The molecule has 0 bridgehead atoms. The molecular weight excluding hydrogens is 491 g/mol. The molecule has 0 radical (unpaired) electrons. The van der Waals surface area contributed by atoms with E-state index >= 15 is 0 Å². The molecule has 0 aliphatic heterocycles. The first-order chi connectivity index (χ1) is 14.5. The van der Waals surface area contributed by atoms with Crippen LogP contribution < -0.4 is 10.5 Å². The van der Waals surface area contributed by atoms with Crippen molar-refractivity contribution in [3.63, 3.8) is 0 Å². The molecule has 0 fully saturated rings. The molecule has 3 rings (SSSR count). The number of aryl methyl sites for hydroxylation is 1. The lowest BCUT2D eigenvalue weighted by Crippen LogP contribution is -2.33. The Labute approximate surface area is 186 Å². The van der Waals surface area contributed by atoms with Gasteiger partial charge in [0.25, 0.3) is 0 Å². The van der Waals surface area contributed by atoms with E-state index in [0.29, 0.717) is 10.0 Å². The van der Waals surface area contributed by atoms with E-state index in [9.17, 15) is 22.9 Å². The van der Waals surface area contributed by atoms with Crippen LogP contribution in [0.5, 0.6) is 0 Å². The number of benzene rings is 2. The van der Waals surface area contributed by atoms with Crippen molar-refractivity contribution in [2.75, 3.05) is 0 Å². The standard InChI is InChI=1S/C20H18BrFN4O4S/c1-10-4-7-15(22)17(11(10)2)12(3)18(19-24-25-20(27)30-19)26-31(28,29)16-8-14(21)6-5-13(16)9-23/h4-8,12,18,26H,1-3H3,(H,25,27)/t12-,18+/m1/s1. The normalized spacial score (nSPS) is 13.5. The van der Waals surface area contributed by atoms with Gasteiger partial charge in [0.05, 0.1) is 5.56 Å². The van der Waals surface area contributed by atoms with E-state index in [1.54, 1.807) is 26.8 Å². The average molecular weight is 509 g/mol. The zero-order valence-electron chi connectivity index (χ0n) is 16.7. The highest BCUT2D eigenvalue weighted by atomic mass is 79.9. The van der Waals surface area contributed by atoms with Crippen LogP contribution in [0, 0.1) is 31.0 Å². The van der Waals surface area contributed by atoms with Gasteiger partial charge in [-0.05, 0) is 54.8 Å². The van der Waals surface area contributed by atoms with Gasteiger partial charge in [0.15, 0.2) is 0 Å². The van der Waals surface area contributed by atoms with E-state index in [1.807, 2.05) is 6.07 Å². The van der Waals surface area contributed by atoms with Crippen LogP contribution in [-0.2, 0) is 10.0 Å². The predicted molar refractivity (Wildman–Crippen MR) is 113 cm³/mol. The highest BCUT2D eigenvalue weighted by Gasteiger charge is 2.34. The highest BCUT2D eigenvalue weighted by molar-refractivity contribution is 9.10. The molecule has 0 spiro atoms. The fourth-order valence-corrected chi connectivity index (χ4v) is 5.28. The number of nitriles is 1. The maximum absolute atomic E-state index is 14.7. The maximum atomic E-state index is 14.7. The van der Waals surface area contributed by atoms with Gasteiger partial charge in [0.2, 0.25) is 15.9 Å². The third kappa shape index (κ3) is 4.61. The largest absolute Gasteiger partial charge is 0.434 e. The van der Waals surface area contributed by atoms with Gasteiger partial charge in [0, 0.05) is 10.4 Å². The van der Waals surface area contributed by atoms with Gasteiger partial charge in [-0.15, -0.1) is 5.10 Å². The van der Waals surface area contributed by atoms with Crippen LogP contribution in [0.3, 0.4) is 0 Å². The molecule has 0 aliphatic rings. The fraction of sp³-hybridized carbons (Fsp3) is 0.250. The molecule has 162 valence electrons. The molecule has 1 aromatic heterocycles. The Bertz CT molecular complexity index is 1340. The third-order valence-electron chi connectivity index (χ3n) is 5.04. The monoisotopic (exact) mass is 508 g/mol. The summed E-state index contributed by atoms with van der Waals surface area (Å²) in [6.45, 7) is 5.12. The minimum absolute atomic E-state index is 0.0801. The molecule has 11 heteroatoms. The lowest BCUT2D eigenvalue weighted by atomic mass is 9.88. The van der Waals surface area contributed by atoms with E-state index in [-0.39, 0.29) is 21.9 Å². The van der Waals surface area contributed by atoms with Crippen molar-refractivity contribution in [3.8, 4) is 6.07 Å². The van der Waals surface area contributed by atoms with Crippen molar-refractivity contribution < 1.29 is 17.2 Å². The minimum atomic E-state index is -4.29. The Kier molecular flexibility index (Phi) is 6.45. The fourth-order valence-electron chi connectivity index (χ4n) is 3.31. The summed E-state index contributed by atoms with van der Waals surface area (Å²) in [5, 5.41) is 15.2. The molecule has 2 aromatic carbocycles. The number of halogens is 2. The smallest absolute Gasteiger partial charge is 0.391 e. The van der Waals surface area contributed by atoms with E-state index < -0.39 is 33.6 Å². The van der Waals surface area contributed by atoms with E-state index in [0.717, 1.165) is 5.56 Å². The summed E-state index contributed by atoms with van der Waals surface area (Å²) in [7, 11) is -4.29. The van der Waals surface area contributed by atoms with Crippen LogP contribution in [-0.4, -0.2) is 18.6 Å². The molecule has 0 amide bonds. The summed E-state index contributed by atoms with van der Waals surface area (Å²) in [4.78, 5) is 11.3. The molecular formula is C20H18BrFN4O4S. The quantitative estimate of drug-likeness (QED) is 0.523. The molecule has 0 unspecified atom stereocenters. The van der Waals surface area contributed by atoms with E-state index in [4.69, 9.17) is 4.42 Å². The Morgan fingerprint density at radius 1 is 1.29 bits per heavy atom. The van der Waals surface area contributed by atoms with Gasteiger partial charge >= 0.3 is 5.76 Å². The first-order valence-corrected chi connectivity index (χ1v) is 11.4. The van der Waals surface area contributed by atoms with Gasteiger partial charge in [0.1, 0.15) is 22.8 Å². The average Bonchev–Trinajstić information content (AvgIpc) is 3.15. The highest BCUT2D eigenvalue weighted by Crippen LogP contribution is 2.35. The van der Waals surface area contributed by atoms with E-state index in [2.05, 4.69) is 30.8 Å². The van der Waals surface area contributed by atoms with Crippen molar-refractivity contribution in [3.05, 3.63) is 79.3 Å². The number of nitrogens with zero attached hydrogens (tertiary/aromatic N) is 2. The maximum Gasteiger partial charge on any atom is 0.434 e. The number of aromatic nitrogens is 2. The molecule has 31 heavy (non-hydrogen) atoms. The second-order valence-corrected chi connectivity index (χ2v) is 9.59. The molecule has 0 saturated carbocycles. The van der Waals surface area contributed by atoms with Crippen molar-refractivity contribution in [2.45, 2.75) is 37.6 Å². The van der Waals surface area contributed by atoms with Crippen molar-refractivity contribution in [1.82, 2.24) is 14.9 Å². The van der Waals surface area contributed by atoms with Crippen LogP contribution in [0.2, 0.25) is 0 Å². The number of hydrogen-bond donors (Lipinski definition) is 2. The van der Waals surface area contributed by atoms with E-state index in [1.165, 1.54) is 24.3 Å². The van der Waals surface area contributed by atoms with Crippen LogP contribution in [0.4, 0.5) is 4.39 Å². The van der Waals surface area contributed by atoms with Crippen molar-refractivity contribution in [2.24, 2.45) is 0 Å². The molecule has 2 N–H and O–H groups in total. The molecule has 1 heterocycles. The van der Waals surface area contributed by atoms with Gasteiger partial charge in [-0.2, -0.15) is 9.98 Å². The summed E-state index contributed by atoms with van der Waals surface area (Å²) in [5.41, 5.74) is 1.62. The molecule has 0 saturated heterocycles. The second-order valence-electron chi connectivity index (χ2n) is 6.99. The second kappa shape index (κ2) is 8.74. The zero-order valence-corrected chi connectivity index (χ0v) is 19.1. The van der Waals surface area contributed by atoms with Crippen LogP contribution in [0.1, 0.15) is 47.0 Å². The third-order valence-corrected chi connectivity index (χ3v) is 7.02. The number of sulfonamides is 1. The number of nitrogens with one attached hydrogen (secondary N) is 2.